The van der Waals surface area contributed by atoms with Crippen LogP contribution >= 0.6 is 0 Å². The van der Waals surface area contributed by atoms with Crippen molar-refractivity contribution in [3.05, 3.63) is 11.1 Å². The van der Waals surface area contributed by atoms with E-state index >= 15 is 0 Å². The highest BCUT2D eigenvalue weighted by molar-refractivity contribution is 6.01. The predicted octanol–water partition coefficient (Wildman–Crippen LogP) is -0.943. The van der Waals surface area contributed by atoms with E-state index in [9.17, 15) is 19.5 Å². The van der Waals surface area contributed by atoms with Crippen LogP contribution in [0, 0.1) is 0 Å². The number of hydrogen-bond acceptors (Lipinski definition) is 5. The third-order valence-electron chi connectivity index (χ3n) is 2.15. The van der Waals surface area contributed by atoms with Crippen molar-refractivity contribution in [1.29, 1.82) is 0 Å². The molecule has 0 aliphatic heterocycles. The van der Waals surface area contributed by atoms with Crippen molar-refractivity contribution in [1.82, 2.24) is 5.32 Å². The molecular formula is C10H15NO6. The third-order valence-corrected chi connectivity index (χ3v) is 2.15. The quantitative estimate of drug-likeness (QED) is 0.425. The van der Waals surface area contributed by atoms with Gasteiger partial charge in [-0.2, -0.15) is 0 Å². The maximum absolute atomic E-state index is 11.4. The molecule has 3 N–H and O–H groups in total. The second kappa shape index (κ2) is 6.64. The van der Waals surface area contributed by atoms with E-state index in [0.29, 0.717) is 0 Å². The number of rotatable bonds is 5. The second-order valence-electron chi connectivity index (χ2n) is 3.30. The van der Waals surface area contributed by atoms with Crippen LogP contribution in [0.15, 0.2) is 11.1 Å². The Kier molecular flexibility index (Phi) is 5.90. The summed E-state index contributed by atoms with van der Waals surface area (Å²) >= 11 is 0. The molecule has 0 aromatic carbocycles. The van der Waals surface area contributed by atoms with Gasteiger partial charge < -0.3 is 20.3 Å². The molecule has 0 bridgehead atoms. The highest BCUT2D eigenvalue weighted by Gasteiger charge is 2.18. The molecule has 0 rings (SSSR count). The number of esters is 1. The normalized spacial score (nSPS) is 13.4. The Balaban J connectivity index is 4.43. The molecule has 0 aromatic heterocycles. The maximum atomic E-state index is 11.4. The van der Waals surface area contributed by atoms with Gasteiger partial charge in [-0.1, -0.05) is 0 Å². The number of ether oxygens (including phenoxy) is 1. The molecule has 0 radical (unpaired) electrons. The summed E-state index contributed by atoms with van der Waals surface area (Å²) in [6, 6.07) is 0. The van der Waals surface area contributed by atoms with Crippen molar-refractivity contribution in [2.75, 3.05) is 13.7 Å². The molecule has 0 fully saturated rings. The number of carboxylic acids is 1. The molecule has 0 aliphatic carbocycles. The third kappa shape index (κ3) is 4.64. The Hall–Kier alpha value is -1.89. The minimum absolute atomic E-state index is 0.00886. The molecule has 7 heteroatoms. The number of carboxylic acid groups (broad SMARTS) is 1. The zero-order valence-electron chi connectivity index (χ0n) is 9.81. The van der Waals surface area contributed by atoms with E-state index < -0.39 is 23.9 Å². The molecule has 1 unspecified atom stereocenters. The van der Waals surface area contributed by atoms with Crippen LogP contribution in [0.3, 0.4) is 0 Å². The molecule has 0 spiro atoms. The average molecular weight is 245 g/mol. The van der Waals surface area contributed by atoms with Gasteiger partial charge in [-0.3, -0.25) is 4.79 Å². The van der Waals surface area contributed by atoms with Crippen LogP contribution in [-0.2, 0) is 19.1 Å². The van der Waals surface area contributed by atoms with Crippen molar-refractivity contribution in [3.8, 4) is 0 Å². The van der Waals surface area contributed by atoms with Crippen molar-refractivity contribution in [2.24, 2.45) is 0 Å². The fourth-order valence-electron chi connectivity index (χ4n) is 0.872. The van der Waals surface area contributed by atoms with E-state index in [1.54, 1.807) is 0 Å². The predicted molar refractivity (Wildman–Crippen MR) is 57.0 cm³/mol. The van der Waals surface area contributed by atoms with Gasteiger partial charge in [0.2, 0.25) is 5.91 Å². The van der Waals surface area contributed by atoms with Gasteiger partial charge in [-0.15, -0.1) is 0 Å². The van der Waals surface area contributed by atoms with Gasteiger partial charge >= 0.3 is 11.9 Å². The largest absolute Gasteiger partial charge is 0.478 e. The van der Waals surface area contributed by atoms with Crippen LogP contribution in [0.5, 0.6) is 0 Å². The van der Waals surface area contributed by atoms with Crippen LogP contribution in [0.4, 0.5) is 0 Å². The van der Waals surface area contributed by atoms with Crippen LogP contribution in [0.1, 0.15) is 13.8 Å². The first-order valence-electron chi connectivity index (χ1n) is 4.76. The summed E-state index contributed by atoms with van der Waals surface area (Å²) in [4.78, 5) is 32.8. The monoisotopic (exact) mass is 245 g/mol. The van der Waals surface area contributed by atoms with Crippen LogP contribution in [0.2, 0.25) is 0 Å². The number of aliphatic carboxylic acids is 1. The maximum Gasteiger partial charge on any atom is 0.336 e. The van der Waals surface area contributed by atoms with Crippen molar-refractivity contribution in [3.63, 3.8) is 0 Å². The summed E-state index contributed by atoms with van der Waals surface area (Å²) < 4.78 is 4.24. The topological polar surface area (TPSA) is 113 Å². The molecule has 7 nitrogen and oxygen atoms in total. The van der Waals surface area contributed by atoms with Crippen LogP contribution < -0.4 is 5.32 Å². The molecule has 1 atom stereocenters. The van der Waals surface area contributed by atoms with Crippen LogP contribution in [0.25, 0.3) is 0 Å². The standard InChI is InChI=1S/C10H15NO6/c1-5(6(2)9(14)15)8(13)11-4-7(12)10(16)17-3/h7,12H,4H2,1-3H3,(H,11,13)(H,14,15). The summed E-state index contributed by atoms with van der Waals surface area (Å²) in [5.41, 5.74) is -0.0929. The van der Waals surface area contributed by atoms with Gasteiger partial charge in [0.25, 0.3) is 0 Å². The number of aliphatic hydroxyl groups excluding tert-OH is 1. The van der Waals surface area contributed by atoms with Gasteiger partial charge in [0.15, 0.2) is 6.10 Å². The lowest BCUT2D eigenvalue weighted by Crippen LogP contribution is -2.37. The Morgan fingerprint density at radius 1 is 1.24 bits per heavy atom. The molecule has 17 heavy (non-hydrogen) atoms. The molecular weight excluding hydrogens is 230 g/mol. The van der Waals surface area contributed by atoms with Gasteiger partial charge in [0, 0.05) is 11.1 Å². The smallest absolute Gasteiger partial charge is 0.336 e. The van der Waals surface area contributed by atoms with E-state index in [2.05, 4.69) is 10.1 Å². The van der Waals surface area contributed by atoms with E-state index in [4.69, 9.17) is 5.11 Å². The Morgan fingerprint density at radius 3 is 2.18 bits per heavy atom. The Bertz CT molecular complexity index is 360. The summed E-state index contributed by atoms with van der Waals surface area (Å²) in [7, 11) is 1.10. The number of carbonyl (C=O) groups excluding carboxylic acids is 2. The number of amides is 1. The Labute approximate surface area is 98.1 Å². The number of carbonyl (C=O) groups is 3. The lowest BCUT2D eigenvalue weighted by Gasteiger charge is -2.10. The first kappa shape index (κ1) is 15.1. The zero-order chi connectivity index (χ0) is 13.6. The molecule has 96 valence electrons. The zero-order valence-corrected chi connectivity index (χ0v) is 9.81. The van der Waals surface area contributed by atoms with E-state index in [-0.39, 0.29) is 17.7 Å². The fourth-order valence-corrected chi connectivity index (χ4v) is 0.872. The van der Waals surface area contributed by atoms with E-state index in [1.165, 1.54) is 13.8 Å². The number of nitrogens with one attached hydrogen (secondary N) is 1. The van der Waals surface area contributed by atoms with Gasteiger partial charge in [0.05, 0.1) is 13.7 Å². The molecule has 1 amide bonds. The molecule has 0 aromatic rings. The average Bonchev–Trinajstić information content (AvgIpc) is 2.32. The molecule has 0 heterocycles. The number of hydrogen-bond donors (Lipinski definition) is 3. The molecule has 0 saturated carbocycles. The van der Waals surface area contributed by atoms with Crippen molar-refractivity contribution in [2.45, 2.75) is 20.0 Å². The first-order chi connectivity index (χ1) is 7.81. The van der Waals surface area contributed by atoms with Crippen molar-refractivity contribution < 1.29 is 29.3 Å². The van der Waals surface area contributed by atoms with Gasteiger partial charge in [-0.25, -0.2) is 9.59 Å². The molecule has 0 saturated heterocycles. The lowest BCUT2D eigenvalue weighted by molar-refractivity contribution is -0.150. The summed E-state index contributed by atoms with van der Waals surface area (Å²) in [5.74, 6) is -2.74. The summed E-state index contributed by atoms with van der Waals surface area (Å²) in [5, 5.41) is 20.0. The SMILES string of the molecule is COC(=O)C(O)CNC(=O)C(C)=C(C)C(=O)O. The Morgan fingerprint density at radius 2 is 1.76 bits per heavy atom. The van der Waals surface area contributed by atoms with Gasteiger partial charge in [0.1, 0.15) is 0 Å². The van der Waals surface area contributed by atoms with Crippen LogP contribution in [-0.4, -0.2) is 47.8 Å². The second-order valence-corrected chi connectivity index (χ2v) is 3.30. The molecule has 0 aliphatic rings. The highest BCUT2D eigenvalue weighted by atomic mass is 16.5. The van der Waals surface area contributed by atoms with E-state index in [0.717, 1.165) is 7.11 Å². The minimum Gasteiger partial charge on any atom is -0.478 e. The summed E-state index contributed by atoms with van der Waals surface area (Å²) in [6.45, 7) is 2.28. The minimum atomic E-state index is -1.47. The lowest BCUT2D eigenvalue weighted by atomic mass is 10.1. The number of aliphatic hydroxyl groups is 1. The highest BCUT2D eigenvalue weighted by Crippen LogP contribution is 2.03. The fraction of sp³-hybridized carbons (Fsp3) is 0.500. The summed E-state index contributed by atoms with van der Waals surface area (Å²) in [6.07, 6.45) is -1.47. The van der Waals surface area contributed by atoms with Gasteiger partial charge in [-0.05, 0) is 13.8 Å². The number of methoxy groups -OCH3 is 1. The van der Waals surface area contributed by atoms with Crippen molar-refractivity contribution >= 4 is 17.8 Å². The first-order valence-corrected chi connectivity index (χ1v) is 4.76. The van der Waals surface area contributed by atoms with E-state index in [1.807, 2.05) is 0 Å².